The van der Waals surface area contributed by atoms with Gasteiger partial charge in [-0.25, -0.2) is 4.98 Å². The average Bonchev–Trinajstić information content (AvgIpc) is 3.18. The van der Waals surface area contributed by atoms with E-state index >= 15 is 0 Å². The number of fused-ring (bicyclic) bond motifs is 1. The molecule has 2 aromatic carbocycles. The summed E-state index contributed by atoms with van der Waals surface area (Å²) in [5, 5.41) is 15.1. The van der Waals surface area contributed by atoms with E-state index in [9.17, 15) is 14.9 Å². The van der Waals surface area contributed by atoms with Crippen LogP contribution in [-0.4, -0.2) is 24.6 Å². The van der Waals surface area contributed by atoms with Gasteiger partial charge in [0, 0.05) is 17.7 Å². The van der Waals surface area contributed by atoms with Crippen LogP contribution in [0.5, 0.6) is 0 Å². The number of rotatable bonds is 5. The average molecular weight is 391 g/mol. The predicted octanol–water partition coefficient (Wildman–Crippen LogP) is 3.53. The highest BCUT2D eigenvalue weighted by Crippen LogP contribution is 2.21. The molecule has 0 unspecified atom stereocenters. The van der Waals surface area contributed by atoms with Crippen molar-refractivity contribution in [2.45, 2.75) is 26.3 Å². The molecule has 0 atom stereocenters. The molecule has 9 heteroatoms. The fourth-order valence-corrected chi connectivity index (χ4v) is 2.97. The molecule has 0 aliphatic carbocycles. The standard InChI is InChI=1S/C20H17N5O4/c1-12(2)13-3-5-14(6-4-13)19-22-18(29-23-19)10-24-11-21-17-8-7-15(25(27)28)9-16(17)20(24)26/h3-9,11-12H,10H2,1-2H3. The lowest BCUT2D eigenvalue weighted by Crippen LogP contribution is -2.21. The normalized spacial score (nSPS) is 11.3. The Labute approximate surface area is 164 Å². The highest BCUT2D eigenvalue weighted by atomic mass is 16.6. The van der Waals surface area contributed by atoms with E-state index in [1.165, 1.54) is 34.7 Å². The minimum Gasteiger partial charge on any atom is -0.337 e. The fraction of sp³-hybridized carbons (Fsp3) is 0.200. The summed E-state index contributed by atoms with van der Waals surface area (Å²) in [6.07, 6.45) is 1.36. The molecule has 2 heterocycles. The first-order valence-electron chi connectivity index (χ1n) is 8.99. The Morgan fingerprint density at radius 3 is 2.62 bits per heavy atom. The predicted molar refractivity (Wildman–Crippen MR) is 106 cm³/mol. The van der Waals surface area contributed by atoms with Gasteiger partial charge in [-0.2, -0.15) is 4.98 Å². The molecule has 29 heavy (non-hydrogen) atoms. The van der Waals surface area contributed by atoms with Crippen LogP contribution in [0.1, 0.15) is 31.2 Å². The molecule has 0 aliphatic rings. The van der Waals surface area contributed by atoms with Gasteiger partial charge in [0.2, 0.25) is 11.7 Å². The highest BCUT2D eigenvalue weighted by molar-refractivity contribution is 5.79. The van der Waals surface area contributed by atoms with Gasteiger partial charge in [0.15, 0.2) is 0 Å². The van der Waals surface area contributed by atoms with Gasteiger partial charge < -0.3 is 4.52 Å². The third-order valence-corrected chi connectivity index (χ3v) is 4.63. The number of hydrogen-bond donors (Lipinski definition) is 0. The molecule has 9 nitrogen and oxygen atoms in total. The third-order valence-electron chi connectivity index (χ3n) is 4.63. The molecule has 146 valence electrons. The molecule has 0 saturated carbocycles. The van der Waals surface area contributed by atoms with Crippen LogP contribution in [0.3, 0.4) is 0 Å². The fourth-order valence-electron chi connectivity index (χ4n) is 2.97. The molecular weight excluding hydrogens is 374 g/mol. The van der Waals surface area contributed by atoms with E-state index in [1.54, 1.807) is 0 Å². The Hall–Kier alpha value is -3.88. The minimum absolute atomic E-state index is 0.0154. The lowest BCUT2D eigenvalue weighted by Gasteiger charge is -2.04. The monoisotopic (exact) mass is 391 g/mol. The zero-order chi connectivity index (χ0) is 20.5. The number of benzene rings is 2. The molecule has 0 saturated heterocycles. The first kappa shape index (κ1) is 18.5. The molecule has 0 fully saturated rings. The summed E-state index contributed by atoms with van der Waals surface area (Å²) >= 11 is 0. The second-order valence-electron chi connectivity index (χ2n) is 6.92. The first-order valence-corrected chi connectivity index (χ1v) is 8.99. The maximum Gasteiger partial charge on any atom is 0.270 e. The summed E-state index contributed by atoms with van der Waals surface area (Å²) in [6, 6.07) is 11.9. The number of non-ortho nitro benzene ring substituents is 1. The molecule has 0 amide bonds. The SMILES string of the molecule is CC(C)c1ccc(-c2noc(Cn3cnc4ccc([N+](=O)[O-])cc4c3=O)n2)cc1. The first-order chi connectivity index (χ1) is 13.9. The summed E-state index contributed by atoms with van der Waals surface area (Å²) in [5.41, 5.74) is 1.82. The molecule has 4 rings (SSSR count). The third kappa shape index (κ3) is 3.62. The number of hydrogen-bond acceptors (Lipinski definition) is 7. The van der Waals surface area contributed by atoms with Crippen LogP contribution in [-0.2, 0) is 6.54 Å². The van der Waals surface area contributed by atoms with Gasteiger partial charge in [0.1, 0.15) is 6.54 Å². The maximum absolute atomic E-state index is 12.7. The number of nitrogens with zero attached hydrogens (tertiary/aromatic N) is 5. The lowest BCUT2D eigenvalue weighted by molar-refractivity contribution is -0.384. The maximum atomic E-state index is 12.7. The van der Waals surface area contributed by atoms with Gasteiger partial charge in [0.05, 0.1) is 22.2 Å². The number of nitro benzene ring substituents is 1. The Bertz CT molecular complexity index is 1260. The zero-order valence-electron chi connectivity index (χ0n) is 15.8. The van der Waals surface area contributed by atoms with Crippen molar-refractivity contribution in [3.05, 3.63) is 80.7 Å². The van der Waals surface area contributed by atoms with Gasteiger partial charge in [-0.05, 0) is 17.5 Å². The van der Waals surface area contributed by atoms with Crippen molar-refractivity contribution in [3.8, 4) is 11.4 Å². The van der Waals surface area contributed by atoms with E-state index < -0.39 is 10.5 Å². The Morgan fingerprint density at radius 2 is 1.93 bits per heavy atom. The summed E-state index contributed by atoms with van der Waals surface area (Å²) in [5.74, 6) is 1.09. The van der Waals surface area contributed by atoms with Crippen molar-refractivity contribution in [2.75, 3.05) is 0 Å². The van der Waals surface area contributed by atoms with Gasteiger partial charge in [-0.3, -0.25) is 19.5 Å². The molecule has 0 N–H and O–H groups in total. The Morgan fingerprint density at radius 1 is 1.17 bits per heavy atom. The Balaban J connectivity index is 1.63. The van der Waals surface area contributed by atoms with Crippen LogP contribution in [0, 0.1) is 10.1 Å². The molecule has 0 spiro atoms. The van der Waals surface area contributed by atoms with Crippen LogP contribution in [0.15, 0.2) is 58.1 Å². The number of aromatic nitrogens is 4. The quantitative estimate of drug-likeness (QED) is 0.377. The van der Waals surface area contributed by atoms with E-state index in [1.807, 2.05) is 24.3 Å². The van der Waals surface area contributed by atoms with E-state index in [-0.39, 0.29) is 23.5 Å². The van der Waals surface area contributed by atoms with Crippen LogP contribution in [0.2, 0.25) is 0 Å². The van der Waals surface area contributed by atoms with Gasteiger partial charge >= 0.3 is 0 Å². The smallest absolute Gasteiger partial charge is 0.270 e. The van der Waals surface area contributed by atoms with Crippen molar-refractivity contribution in [2.24, 2.45) is 0 Å². The minimum atomic E-state index is -0.551. The van der Waals surface area contributed by atoms with Gasteiger partial charge in [-0.1, -0.05) is 43.3 Å². The number of nitro groups is 1. The van der Waals surface area contributed by atoms with Crippen molar-refractivity contribution in [1.29, 1.82) is 0 Å². The van der Waals surface area contributed by atoms with Crippen LogP contribution in [0.25, 0.3) is 22.3 Å². The van der Waals surface area contributed by atoms with E-state index in [0.717, 1.165) is 5.56 Å². The molecular formula is C20H17N5O4. The molecule has 0 aliphatic heterocycles. The largest absolute Gasteiger partial charge is 0.337 e. The summed E-state index contributed by atoms with van der Waals surface area (Å²) in [6.45, 7) is 4.25. The van der Waals surface area contributed by atoms with Crippen molar-refractivity contribution in [3.63, 3.8) is 0 Å². The van der Waals surface area contributed by atoms with Crippen molar-refractivity contribution in [1.82, 2.24) is 19.7 Å². The van der Waals surface area contributed by atoms with Crippen molar-refractivity contribution < 1.29 is 9.45 Å². The van der Waals surface area contributed by atoms with Gasteiger partial charge in [-0.15, -0.1) is 0 Å². The molecule has 0 bridgehead atoms. The second-order valence-corrected chi connectivity index (χ2v) is 6.92. The van der Waals surface area contributed by atoms with Crippen LogP contribution < -0.4 is 5.56 Å². The van der Waals surface area contributed by atoms with Crippen LogP contribution >= 0.6 is 0 Å². The molecule has 0 radical (unpaired) electrons. The summed E-state index contributed by atoms with van der Waals surface area (Å²) in [7, 11) is 0. The molecule has 4 aromatic rings. The summed E-state index contributed by atoms with van der Waals surface area (Å²) in [4.78, 5) is 31.6. The van der Waals surface area contributed by atoms with E-state index in [0.29, 0.717) is 17.3 Å². The van der Waals surface area contributed by atoms with Gasteiger partial charge in [0.25, 0.3) is 11.2 Å². The molecule has 2 aromatic heterocycles. The second kappa shape index (κ2) is 7.27. The topological polar surface area (TPSA) is 117 Å². The highest BCUT2D eigenvalue weighted by Gasteiger charge is 2.14. The summed E-state index contributed by atoms with van der Waals surface area (Å²) < 4.78 is 6.56. The van der Waals surface area contributed by atoms with Crippen LogP contribution in [0.4, 0.5) is 5.69 Å². The van der Waals surface area contributed by atoms with E-state index in [2.05, 4.69) is 29.0 Å². The van der Waals surface area contributed by atoms with Crippen molar-refractivity contribution >= 4 is 16.6 Å². The Kier molecular flexibility index (Phi) is 4.63. The zero-order valence-corrected chi connectivity index (χ0v) is 15.8. The lowest BCUT2D eigenvalue weighted by atomic mass is 10.0. The van der Waals surface area contributed by atoms with E-state index in [4.69, 9.17) is 4.52 Å².